The lowest BCUT2D eigenvalue weighted by molar-refractivity contribution is 0.0955. The summed E-state index contributed by atoms with van der Waals surface area (Å²) >= 11 is 9.57. The minimum absolute atomic E-state index is 0.00989. The number of rotatable bonds is 3. The summed E-state index contributed by atoms with van der Waals surface area (Å²) in [6.45, 7) is 0.468. The molecule has 5 heteroatoms. The van der Waals surface area contributed by atoms with Crippen molar-refractivity contribution in [2.45, 2.75) is 18.1 Å². The number of fused-ring (bicyclic) bond motifs is 1. The number of carbonyl (C=O) groups excluding carboxylic acids is 1. The molecule has 1 aromatic carbocycles. The second-order valence-corrected chi connectivity index (χ2v) is 6.86. The van der Waals surface area contributed by atoms with Crippen molar-refractivity contribution < 1.29 is 4.79 Å². The number of nitrogens with one attached hydrogen (secondary N) is 1. The smallest absolute Gasteiger partial charge is 0.261 e. The molecule has 0 saturated carbocycles. The number of thioether (sulfide) groups is 1. The van der Waals surface area contributed by atoms with Crippen LogP contribution in [0.2, 0.25) is 5.02 Å². The first-order valence-corrected chi connectivity index (χ1v) is 8.30. The summed E-state index contributed by atoms with van der Waals surface area (Å²) in [5.41, 5.74) is 2.26. The first-order chi connectivity index (χ1) is 9.24. The zero-order valence-electron chi connectivity index (χ0n) is 10.1. The average Bonchev–Trinajstić information content (AvgIpc) is 2.98. The van der Waals surface area contributed by atoms with Crippen LogP contribution in [-0.2, 0) is 18.1 Å². The molecule has 1 N–H and O–H groups in total. The van der Waals surface area contributed by atoms with E-state index in [0.717, 1.165) is 21.9 Å². The normalized spacial score (nSPS) is 13.3. The van der Waals surface area contributed by atoms with Crippen LogP contribution in [0.5, 0.6) is 0 Å². The van der Waals surface area contributed by atoms with Crippen LogP contribution in [0.4, 0.5) is 0 Å². The molecular formula is C14H12ClNOS2. The molecule has 0 spiro atoms. The van der Waals surface area contributed by atoms with Crippen LogP contribution < -0.4 is 5.32 Å². The second-order valence-electron chi connectivity index (χ2n) is 4.33. The molecule has 2 heterocycles. The Morgan fingerprint density at radius 1 is 1.32 bits per heavy atom. The van der Waals surface area contributed by atoms with Gasteiger partial charge in [-0.05, 0) is 23.3 Å². The predicted octanol–water partition coefficient (Wildman–Crippen LogP) is 4.08. The minimum Gasteiger partial charge on any atom is -0.347 e. The fraction of sp³-hybridized carbons (Fsp3) is 0.214. The van der Waals surface area contributed by atoms with Crippen molar-refractivity contribution in [2.24, 2.45) is 0 Å². The number of amides is 1. The Kier molecular flexibility index (Phi) is 3.82. The van der Waals surface area contributed by atoms with Gasteiger partial charge in [0, 0.05) is 28.0 Å². The van der Waals surface area contributed by atoms with Crippen molar-refractivity contribution in [3.05, 3.63) is 56.2 Å². The Morgan fingerprint density at radius 2 is 2.16 bits per heavy atom. The quantitative estimate of drug-likeness (QED) is 0.925. The molecule has 1 amide bonds. The number of thiophene rings is 1. The summed E-state index contributed by atoms with van der Waals surface area (Å²) in [5.74, 6) is 2.06. The van der Waals surface area contributed by atoms with Gasteiger partial charge >= 0.3 is 0 Å². The Hall–Kier alpha value is -0.970. The lowest BCUT2D eigenvalue weighted by Crippen LogP contribution is -2.21. The SMILES string of the molecule is O=C(NCc1ccccc1Cl)c1cc2c(s1)CSC2. The summed E-state index contributed by atoms with van der Waals surface area (Å²) in [4.78, 5) is 14.2. The number of hydrogen-bond donors (Lipinski definition) is 1. The standard InChI is InChI=1S/C14H12ClNOS2/c15-11-4-2-1-3-9(11)6-16-14(17)12-5-10-7-18-8-13(10)19-12/h1-5H,6-8H2,(H,16,17). The van der Waals surface area contributed by atoms with Crippen LogP contribution >= 0.6 is 34.7 Å². The molecule has 0 atom stereocenters. The van der Waals surface area contributed by atoms with Crippen LogP contribution in [0, 0.1) is 0 Å². The van der Waals surface area contributed by atoms with Crippen molar-refractivity contribution in [1.82, 2.24) is 5.32 Å². The fourth-order valence-corrected chi connectivity index (χ4v) is 4.60. The summed E-state index contributed by atoms with van der Waals surface area (Å²) in [6.07, 6.45) is 0. The molecule has 0 aliphatic carbocycles. The van der Waals surface area contributed by atoms with E-state index in [2.05, 4.69) is 5.32 Å². The van der Waals surface area contributed by atoms with E-state index in [-0.39, 0.29) is 5.91 Å². The van der Waals surface area contributed by atoms with Crippen molar-refractivity contribution in [1.29, 1.82) is 0 Å². The van der Waals surface area contributed by atoms with E-state index in [1.807, 2.05) is 42.1 Å². The number of carbonyl (C=O) groups is 1. The molecule has 0 unspecified atom stereocenters. The highest BCUT2D eigenvalue weighted by Crippen LogP contribution is 2.36. The number of halogens is 1. The van der Waals surface area contributed by atoms with Crippen LogP contribution in [0.25, 0.3) is 0 Å². The van der Waals surface area contributed by atoms with Crippen LogP contribution in [-0.4, -0.2) is 5.91 Å². The monoisotopic (exact) mass is 309 g/mol. The van der Waals surface area contributed by atoms with E-state index in [4.69, 9.17) is 11.6 Å². The van der Waals surface area contributed by atoms with E-state index in [9.17, 15) is 4.79 Å². The van der Waals surface area contributed by atoms with Gasteiger partial charge < -0.3 is 5.32 Å². The topological polar surface area (TPSA) is 29.1 Å². The lowest BCUT2D eigenvalue weighted by Gasteiger charge is -2.05. The second kappa shape index (κ2) is 5.57. The van der Waals surface area contributed by atoms with Crippen molar-refractivity contribution in [3.63, 3.8) is 0 Å². The highest BCUT2D eigenvalue weighted by molar-refractivity contribution is 7.98. The molecule has 1 aliphatic heterocycles. The zero-order chi connectivity index (χ0) is 13.2. The Labute approximate surface area is 125 Å². The van der Waals surface area contributed by atoms with E-state index < -0.39 is 0 Å². The molecule has 0 fully saturated rings. The van der Waals surface area contributed by atoms with Gasteiger partial charge in [-0.1, -0.05) is 29.8 Å². The Bertz CT molecular complexity index is 602. The lowest BCUT2D eigenvalue weighted by atomic mass is 10.2. The first-order valence-electron chi connectivity index (χ1n) is 5.95. The third-order valence-electron chi connectivity index (χ3n) is 3.01. The summed E-state index contributed by atoms with van der Waals surface area (Å²) in [7, 11) is 0. The van der Waals surface area contributed by atoms with Crippen molar-refractivity contribution in [3.8, 4) is 0 Å². The maximum absolute atomic E-state index is 12.1. The van der Waals surface area contributed by atoms with E-state index >= 15 is 0 Å². The molecule has 3 rings (SSSR count). The molecule has 2 aromatic rings. The van der Waals surface area contributed by atoms with Gasteiger partial charge in [0.15, 0.2) is 0 Å². The maximum atomic E-state index is 12.1. The van der Waals surface area contributed by atoms with E-state index in [0.29, 0.717) is 11.6 Å². The molecule has 1 aliphatic rings. The van der Waals surface area contributed by atoms with Crippen LogP contribution in [0.3, 0.4) is 0 Å². The molecule has 98 valence electrons. The van der Waals surface area contributed by atoms with Gasteiger partial charge in [-0.25, -0.2) is 0 Å². The van der Waals surface area contributed by atoms with Gasteiger partial charge in [-0.2, -0.15) is 11.8 Å². The molecule has 0 radical (unpaired) electrons. The minimum atomic E-state index is -0.00989. The van der Waals surface area contributed by atoms with Crippen molar-refractivity contribution in [2.75, 3.05) is 0 Å². The van der Waals surface area contributed by atoms with Crippen LogP contribution in [0.1, 0.15) is 25.7 Å². The fourth-order valence-electron chi connectivity index (χ4n) is 1.98. The summed E-state index contributed by atoms with van der Waals surface area (Å²) in [6, 6.07) is 9.58. The van der Waals surface area contributed by atoms with Gasteiger partial charge in [0.25, 0.3) is 5.91 Å². The largest absolute Gasteiger partial charge is 0.347 e. The van der Waals surface area contributed by atoms with Gasteiger partial charge in [-0.15, -0.1) is 11.3 Å². The van der Waals surface area contributed by atoms with Crippen LogP contribution in [0.15, 0.2) is 30.3 Å². The number of benzene rings is 1. The third-order valence-corrected chi connectivity index (χ3v) is 5.74. The molecular weight excluding hydrogens is 298 g/mol. The third kappa shape index (κ3) is 2.81. The van der Waals surface area contributed by atoms with E-state index in [1.54, 1.807) is 11.3 Å². The Balaban J connectivity index is 1.67. The summed E-state index contributed by atoms with van der Waals surface area (Å²) in [5, 5.41) is 3.61. The zero-order valence-corrected chi connectivity index (χ0v) is 12.5. The molecule has 19 heavy (non-hydrogen) atoms. The predicted molar refractivity (Wildman–Crippen MR) is 81.9 cm³/mol. The summed E-state index contributed by atoms with van der Waals surface area (Å²) < 4.78 is 0. The number of hydrogen-bond acceptors (Lipinski definition) is 3. The van der Waals surface area contributed by atoms with Gasteiger partial charge in [0.05, 0.1) is 4.88 Å². The van der Waals surface area contributed by atoms with Gasteiger partial charge in [0.2, 0.25) is 0 Å². The Morgan fingerprint density at radius 3 is 2.95 bits per heavy atom. The molecule has 0 bridgehead atoms. The van der Waals surface area contributed by atoms with Gasteiger partial charge in [0.1, 0.15) is 0 Å². The molecule has 0 saturated heterocycles. The highest BCUT2D eigenvalue weighted by Gasteiger charge is 2.18. The molecule has 2 nitrogen and oxygen atoms in total. The van der Waals surface area contributed by atoms with E-state index in [1.165, 1.54) is 10.4 Å². The maximum Gasteiger partial charge on any atom is 0.261 e. The first kappa shape index (κ1) is 13.0. The molecule has 1 aromatic heterocycles. The van der Waals surface area contributed by atoms with Gasteiger partial charge in [-0.3, -0.25) is 4.79 Å². The highest BCUT2D eigenvalue weighted by atomic mass is 35.5. The average molecular weight is 310 g/mol. The van der Waals surface area contributed by atoms with Crippen molar-refractivity contribution >= 4 is 40.6 Å².